The first-order valence-corrected chi connectivity index (χ1v) is 7.72. The maximum Gasteiger partial charge on any atom is 0.269 e. The SMILES string of the molecule is CCc1nnc(NC(=O)CCNC(=O)c2cc(C)nn2C)s1. The van der Waals surface area contributed by atoms with Crippen LogP contribution in [0.4, 0.5) is 5.13 Å². The Morgan fingerprint density at radius 1 is 1.36 bits per heavy atom. The molecule has 0 aliphatic carbocycles. The first kappa shape index (κ1) is 16.1. The lowest BCUT2D eigenvalue weighted by molar-refractivity contribution is -0.116. The molecule has 0 atom stereocenters. The molecule has 2 rings (SSSR count). The molecule has 0 aromatic carbocycles. The molecule has 22 heavy (non-hydrogen) atoms. The molecule has 0 radical (unpaired) electrons. The van der Waals surface area contributed by atoms with Crippen LogP contribution in [-0.2, 0) is 18.3 Å². The standard InChI is InChI=1S/C13H18N6O2S/c1-4-11-16-17-13(22-11)15-10(20)5-6-14-12(21)9-7-8(2)18-19(9)3/h7H,4-6H2,1-3H3,(H,14,21)(H,15,17,20). The van der Waals surface area contributed by atoms with Crippen LogP contribution in [0.1, 0.15) is 34.5 Å². The van der Waals surface area contributed by atoms with Gasteiger partial charge in [0, 0.05) is 20.0 Å². The van der Waals surface area contributed by atoms with Crippen LogP contribution in [0.15, 0.2) is 6.07 Å². The van der Waals surface area contributed by atoms with E-state index in [0.29, 0.717) is 10.8 Å². The fraction of sp³-hybridized carbons (Fsp3) is 0.462. The third kappa shape index (κ3) is 4.10. The lowest BCUT2D eigenvalue weighted by Crippen LogP contribution is -2.29. The number of carbonyl (C=O) groups is 2. The second kappa shape index (κ2) is 7.12. The van der Waals surface area contributed by atoms with Crippen LogP contribution in [-0.4, -0.2) is 38.3 Å². The molecule has 9 heteroatoms. The number of anilines is 1. The molecular weight excluding hydrogens is 304 g/mol. The molecule has 0 fully saturated rings. The average Bonchev–Trinajstić information content (AvgIpc) is 3.04. The van der Waals surface area contributed by atoms with Gasteiger partial charge in [0.05, 0.1) is 5.69 Å². The third-order valence-corrected chi connectivity index (χ3v) is 3.87. The van der Waals surface area contributed by atoms with Gasteiger partial charge in [-0.1, -0.05) is 18.3 Å². The van der Waals surface area contributed by atoms with Crippen molar-refractivity contribution in [2.75, 3.05) is 11.9 Å². The van der Waals surface area contributed by atoms with E-state index in [1.807, 2.05) is 13.8 Å². The molecule has 2 N–H and O–H groups in total. The maximum absolute atomic E-state index is 11.9. The fourth-order valence-corrected chi connectivity index (χ4v) is 2.53. The van der Waals surface area contributed by atoms with Gasteiger partial charge in [0.1, 0.15) is 10.7 Å². The van der Waals surface area contributed by atoms with E-state index >= 15 is 0 Å². The average molecular weight is 322 g/mol. The lowest BCUT2D eigenvalue weighted by atomic mass is 10.3. The van der Waals surface area contributed by atoms with E-state index in [-0.39, 0.29) is 24.8 Å². The number of hydrogen-bond acceptors (Lipinski definition) is 6. The third-order valence-electron chi connectivity index (χ3n) is 2.89. The van der Waals surface area contributed by atoms with Crippen LogP contribution in [0.5, 0.6) is 0 Å². The Morgan fingerprint density at radius 3 is 2.73 bits per heavy atom. The van der Waals surface area contributed by atoms with Gasteiger partial charge in [0.15, 0.2) is 0 Å². The maximum atomic E-state index is 11.9. The highest BCUT2D eigenvalue weighted by Gasteiger charge is 2.12. The van der Waals surface area contributed by atoms with Crippen molar-refractivity contribution in [2.45, 2.75) is 26.7 Å². The Labute approximate surface area is 131 Å². The van der Waals surface area contributed by atoms with Crippen LogP contribution in [0.2, 0.25) is 0 Å². The summed E-state index contributed by atoms with van der Waals surface area (Å²) in [6.07, 6.45) is 0.956. The summed E-state index contributed by atoms with van der Waals surface area (Å²) in [5, 5.41) is 18.6. The minimum Gasteiger partial charge on any atom is -0.350 e. The van der Waals surface area contributed by atoms with E-state index in [1.54, 1.807) is 13.1 Å². The molecule has 0 saturated carbocycles. The number of rotatable bonds is 6. The van der Waals surface area contributed by atoms with Gasteiger partial charge in [-0.05, 0) is 19.4 Å². The van der Waals surface area contributed by atoms with E-state index in [1.165, 1.54) is 16.0 Å². The summed E-state index contributed by atoms with van der Waals surface area (Å²) in [6.45, 7) is 4.03. The second-order valence-electron chi connectivity index (χ2n) is 4.70. The van der Waals surface area contributed by atoms with Crippen LogP contribution in [0.3, 0.4) is 0 Å². The highest BCUT2D eigenvalue weighted by molar-refractivity contribution is 7.15. The zero-order valence-electron chi connectivity index (χ0n) is 12.7. The molecule has 118 valence electrons. The van der Waals surface area contributed by atoms with Crippen LogP contribution < -0.4 is 10.6 Å². The van der Waals surface area contributed by atoms with Gasteiger partial charge < -0.3 is 10.6 Å². The van der Waals surface area contributed by atoms with Gasteiger partial charge in [0.2, 0.25) is 11.0 Å². The van der Waals surface area contributed by atoms with Crippen molar-refractivity contribution < 1.29 is 9.59 Å². The van der Waals surface area contributed by atoms with Gasteiger partial charge >= 0.3 is 0 Å². The number of carbonyl (C=O) groups excluding carboxylic acids is 2. The van der Waals surface area contributed by atoms with E-state index in [0.717, 1.165) is 17.1 Å². The zero-order valence-corrected chi connectivity index (χ0v) is 13.5. The molecule has 0 aliphatic rings. The van der Waals surface area contributed by atoms with Crippen molar-refractivity contribution in [2.24, 2.45) is 7.05 Å². The highest BCUT2D eigenvalue weighted by Crippen LogP contribution is 2.15. The minimum absolute atomic E-state index is 0.170. The zero-order chi connectivity index (χ0) is 16.1. The van der Waals surface area contributed by atoms with Gasteiger partial charge in [-0.15, -0.1) is 10.2 Å². The monoisotopic (exact) mass is 322 g/mol. The molecular formula is C13H18N6O2S. The normalized spacial score (nSPS) is 10.5. The molecule has 0 saturated heterocycles. The summed E-state index contributed by atoms with van der Waals surface area (Å²) >= 11 is 1.35. The van der Waals surface area contributed by atoms with Crippen LogP contribution in [0, 0.1) is 6.92 Å². The summed E-state index contributed by atoms with van der Waals surface area (Å²) < 4.78 is 1.51. The topological polar surface area (TPSA) is 102 Å². The molecule has 0 bridgehead atoms. The van der Waals surface area contributed by atoms with Crippen LogP contribution in [0.25, 0.3) is 0 Å². The minimum atomic E-state index is -0.250. The van der Waals surface area contributed by atoms with Gasteiger partial charge in [-0.25, -0.2) is 0 Å². The number of nitrogens with zero attached hydrogens (tertiary/aromatic N) is 4. The molecule has 2 aromatic heterocycles. The number of amides is 2. The quantitative estimate of drug-likeness (QED) is 0.823. The molecule has 2 amide bonds. The van der Waals surface area contributed by atoms with Gasteiger partial charge in [0.25, 0.3) is 5.91 Å². The molecule has 2 heterocycles. The Bertz CT molecular complexity index is 678. The van der Waals surface area contributed by atoms with E-state index in [2.05, 4.69) is 25.9 Å². The van der Waals surface area contributed by atoms with E-state index < -0.39 is 0 Å². The Balaban J connectivity index is 1.77. The van der Waals surface area contributed by atoms with Gasteiger partial charge in [-0.2, -0.15) is 5.10 Å². The Kier molecular flexibility index (Phi) is 5.21. The second-order valence-corrected chi connectivity index (χ2v) is 5.77. The fourth-order valence-electron chi connectivity index (χ4n) is 1.83. The van der Waals surface area contributed by atoms with Crippen molar-refractivity contribution >= 4 is 28.3 Å². The molecule has 0 aliphatic heterocycles. The smallest absolute Gasteiger partial charge is 0.269 e. The van der Waals surface area contributed by atoms with Crippen molar-refractivity contribution in [1.29, 1.82) is 0 Å². The van der Waals surface area contributed by atoms with Crippen molar-refractivity contribution in [1.82, 2.24) is 25.3 Å². The summed E-state index contributed by atoms with van der Waals surface area (Å²) in [5.41, 5.74) is 1.24. The number of aromatic nitrogens is 4. The number of nitrogens with one attached hydrogen (secondary N) is 2. The van der Waals surface area contributed by atoms with Gasteiger partial charge in [-0.3, -0.25) is 14.3 Å². The lowest BCUT2D eigenvalue weighted by Gasteiger charge is -2.05. The summed E-state index contributed by atoms with van der Waals surface area (Å²) in [5.74, 6) is -0.458. The van der Waals surface area contributed by atoms with Crippen LogP contribution >= 0.6 is 11.3 Å². The van der Waals surface area contributed by atoms with Crippen molar-refractivity contribution in [3.05, 3.63) is 22.5 Å². The summed E-state index contributed by atoms with van der Waals surface area (Å²) in [6, 6.07) is 1.70. The predicted octanol–water partition coefficient (Wildman–Crippen LogP) is 0.901. The summed E-state index contributed by atoms with van der Waals surface area (Å²) in [4.78, 5) is 23.7. The summed E-state index contributed by atoms with van der Waals surface area (Å²) in [7, 11) is 1.70. The predicted molar refractivity (Wildman–Crippen MR) is 82.8 cm³/mol. The molecule has 8 nitrogen and oxygen atoms in total. The van der Waals surface area contributed by atoms with Crippen molar-refractivity contribution in [3.63, 3.8) is 0 Å². The molecule has 0 spiro atoms. The Morgan fingerprint density at radius 2 is 2.14 bits per heavy atom. The number of hydrogen-bond donors (Lipinski definition) is 2. The first-order chi connectivity index (χ1) is 10.5. The highest BCUT2D eigenvalue weighted by atomic mass is 32.1. The number of aryl methyl sites for hydroxylation is 3. The van der Waals surface area contributed by atoms with E-state index in [9.17, 15) is 9.59 Å². The Hall–Kier alpha value is -2.29. The van der Waals surface area contributed by atoms with Crippen molar-refractivity contribution in [3.8, 4) is 0 Å². The van der Waals surface area contributed by atoms with E-state index in [4.69, 9.17) is 0 Å². The largest absolute Gasteiger partial charge is 0.350 e. The molecule has 0 unspecified atom stereocenters. The first-order valence-electron chi connectivity index (χ1n) is 6.90. The molecule has 2 aromatic rings.